The van der Waals surface area contributed by atoms with Gasteiger partial charge in [0.25, 0.3) is 0 Å². The van der Waals surface area contributed by atoms with Crippen molar-refractivity contribution in [3.8, 4) is 0 Å². The second-order valence-corrected chi connectivity index (χ2v) is 5.91. The highest BCUT2D eigenvalue weighted by molar-refractivity contribution is 7.89. The molecule has 0 saturated heterocycles. The van der Waals surface area contributed by atoms with Crippen LogP contribution in [0.15, 0.2) is 35.5 Å². The molecule has 0 fully saturated rings. The number of rotatable bonds is 6. The summed E-state index contributed by atoms with van der Waals surface area (Å²) in [5.74, 6) is 0.177. The van der Waals surface area contributed by atoms with Crippen LogP contribution in [-0.4, -0.2) is 24.9 Å². The molecule has 4 N–H and O–H groups in total. The molecular weight excluding hydrogens is 283 g/mol. The van der Waals surface area contributed by atoms with E-state index in [9.17, 15) is 12.8 Å². The number of halogens is 1. The van der Waals surface area contributed by atoms with Gasteiger partial charge in [-0.1, -0.05) is 0 Å². The first kappa shape index (κ1) is 14.6. The van der Waals surface area contributed by atoms with E-state index in [1.807, 2.05) is 0 Å². The Balaban J connectivity index is 2.06. The van der Waals surface area contributed by atoms with Crippen LogP contribution >= 0.6 is 0 Å². The molecule has 108 valence electrons. The molecule has 0 saturated carbocycles. The van der Waals surface area contributed by atoms with Crippen LogP contribution in [0.4, 0.5) is 4.39 Å². The predicted octanol–water partition coefficient (Wildman–Crippen LogP) is 0.529. The van der Waals surface area contributed by atoms with Gasteiger partial charge in [0.1, 0.15) is 11.6 Å². The van der Waals surface area contributed by atoms with Crippen LogP contribution in [0.1, 0.15) is 11.4 Å². The lowest BCUT2D eigenvalue weighted by Gasteiger charge is -2.08. The van der Waals surface area contributed by atoms with Crippen molar-refractivity contribution in [3.63, 3.8) is 0 Å². The van der Waals surface area contributed by atoms with Crippen molar-refractivity contribution in [2.75, 3.05) is 6.54 Å². The van der Waals surface area contributed by atoms with Gasteiger partial charge in [-0.2, -0.15) is 0 Å². The summed E-state index contributed by atoms with van der Waals surface area (Å²) in [5, 5.41) is 0. The Kier molecular flexibility index (Phi) is 4.48. The van der Waals surface area contributed by atoms with Gasteiger partial charge in [-0.15, -0.1) is 0 Å². The highest BCUT2D eigenvalue weighted by atomic mass is 32.2. The molecule has 2 aromatic rings. The van der Waals surface area contributed by atoms with Gasteiger partial charge in [-0.25, -0.2) is 22.5 Å². The quantitative estimate of drug-likeness (QED) is 0.724. The second kappa shape index (κ2) is 6.12. The number of sulfonamides is 1. The highest BCUT2D eigenvalue weighted by Gasteiger charge is 2.15. The molecule has 0 aliphatic rings. The van der Waals surface area contributed by atoms with E-state index < -0.39 is 15.8 Å². The van der Waals surface area contributed by atoms with Gasteiger partial charge in [0.2, 0.25) is 10.0 Å². The number of aromatic amines is 1. The van der Waals surface area contributed by atoms with E-state index in [1.54, 1.807) is 12.4 Å². The topological polar surface area (TPSA) is 101 Å². The largest absolute Gasteiger partial charge is 0.349 e. The zero-order valence-corrected chi connectivity index (χ0v) is 11.5. The molecule has 0 unspecified atom stereocenters. The molecule has 1 aromatic heterocycles. The molecule has 2 rings (SSSR count). The van der Waals surface area contributed by atoms with E-state index in [1.165, 1.54) is 12.1 Å². The van der Waals surface area contributed by atoms with Crippen LogP contribution in [0.3, 0.4) is 0 Å². The fourth-order valence-corrected chi connectivity index (χ4v) is 2.78. The standard InChI is InChI=1S/C12H15FN4O2S/c13-11-2-1-10(7-9(11)8-14)20(18,19)17-4-3-12-15-5-6-16-12/h1-2,5-7,17H,3-4,8,14H2,(H,15,16). The molecule has 0 aliphatic heterocycles. The lowest BCUT2D eigenvalue weighted by Crippen LogP contribution is -2.26. The zero-order valence-electron chi connectivity index (χ0n) is 10.6. The number of aromatic nitrogens is 2. The molecule has 0 aliphatic carbocycles. The number of imidazole rings is 1. The van der Waals surface area contributed by atoms with E-state index >= 15 is 0 Å². The maximum atomic E-state index is 13.3. The van der Waals surface area contributed by atoms with Crippen molar-refractivity contribution in [3.05, 3.63) is 47.8 Å². The van der Waals surface area contributed by atoms with Crippen LogP contribution in [0.25, 0.3) is 0 Å². The van der Waals surface area contributed by atoms with E-state index in [4.69, 9.17) is 5.73 Å². The lowest BCUT2D eigenvalue weighted by molar-refractivity contribution is 0.578. The summed E-state index contributed by atoms with van der Waals surface area (Å²) in [7, 11) is -3.68. The van der Waals surface area contributed by atoms with Crippen molar-refractivity contribution in [2.24, 2.45) is 5.73 Å². The third kappa shape index (κ3) is 3.41. The van der Waals surface area contributed by atoms with E-state index in [2.05, 4.69) is 14.7 Å². The molecule has 0 amide bonds. The van der Waals surface area contributed by atoms with Crippen LogP contribution in [-0.2, 0) is 23.0 Å². The first-order valence-electron chi connectivity index (χ1n) is 5.99. The van der Waals surface area contributed by atoms with Crippen LogP contribution in [0.5, 0.6) is 0 Å². The van der Waals surface area contributed by atoms with Gasteiger partial charge in [-0.3, -0.25) is 0 Å². The Hall–Kier alpha value is -1.77. The molecular formula is C12H15FN4O2S. The summed E-state index contributed by atoms with van der Waals surface area (Å²) in [5.41, 5.74) is 5.53. The molecule has 0 spiro atoms. The lowest BCUT2D eigenvalue weighted by atomic mass is 10.2. The SMILES string of the molecule is NCc1cc(S(=O)(=O)NCCc2ncc[nH]2)ccc1F. The third-order valence-corrected chi connectivity index (χ3v) is 4.21. The number of nitrogens with zero attached hydrogens (tertiary/aromatic N) is 1. The third-order valence-electron chi connectivity index (χ3n) is 2.76. The maximum Gasteiger partial charge on any atom is 0.240 e. The molecule has 1 aromatic carbocycles. The van der Waals surface area contributed by atoms with Gasteiger partial charge in [0.05, 0.1) is 4.90 Å². The van der Waals surface area contributed by atoms with Crippen molar-refractivity contribution < 1.29 is 12.8 Å². The first-order chi connectivity index (χ1) is 9.53. The molecule has 0 radical (unpaired) electrons. The molecule has 0 bridgehead atoms. The Morgan fingerprint density at radius 1 is 1.40 bits per heavy atom. The van der Waals surface area contributed by atoms with Crippen LogP contribution < -0.4 is 10.5 Å². The van der Waals surface area contributed by atoms with Gasteiger partial charge in [0, 0.05) is 37.5 Å². The monoisotopic (exact) mass is 298 g/mol. The summed E-state index contributed by atoms with van der Waals surface area (Å²) >= 11 is 0. The number of nitrogens with one attached hydrogen (secondary N) is 2. The van der Waals surface area contributed by atoms with E-state index in [-0.39, 0.29) is 23.5 Å². The van der Waals surface area contributed by atoms with Gasteiger partial charge in [0.15, 0.2) is 0 Å². The molecule has 6 nitrogen and oxygen atoms in total. The van der Waals surface area contributed by atoms with E-state index in [0.29, 0.717) is 12.2 Å². The minimum atomic E-state index is -3.68. The Morgan fingerprint density at radius 2 is 2.20 bits per heavy atom. The Morgan fingerprint density at radius 3 is 2.85 bits per heavy atom. The summed E-state index contributed by atoms with van der Waals surface area (Å²) in [6.07, 6.45) is 3.70. The number of nitrogens with two attached hydrogens (primary N) is 1. The number of benzene rings is 1. The van der Waals surface area contributed by atoms with Gasteiger partial charge >= 0.3 is 0 Å². The van der Waals surface area contributed by atoms with Gasteiger partial charge < -0.3 is 10.7 Å². The molecule has 1 heterocycles. The minimum absolute atomic E-state index is 0.00112. The normalized spacial score (nSPS) is 11.7. The average Bonchev–Trinajstić information content (AvgIpc) is 2.92. The van der Waals surface area contributed by atoms with E-state index in [0.717, 1.165) is 6.07 Å². The number of hydrogen-bond acceptors (Lipinski definition) is 4. The average molecular weight is 298 g/mol. The van der Waals surface area contributed by atoms with Crippen LogP contribution in [0, 0.1) is 5.82 Å². The molecule has 8 heteroatoms. The minimum Gasteiger partial charge on any atom is -0.349 e. The summed E-state index contributed by atoms with van der Waals surface area (Å²) in [6, 6.07) is 3.55. The summed E-state index contributed by atoms with van der Waals surface area (Å²) in [4.78, 5) is 6.87. The fourth-order valence-electron chi connectivity index (χ4n) is 1.70. The van der Waals surface area contributed by atoms with Crippen molar-refractivity contribution in [2.45, 2.75) is 17.9 Å². The van der Waals surface area contributed by atoms with Gasteiger partial charge in [-0.05, 0) is 18.2 Å². The number of H-pyrrole nitrogens is 1. The number of hydrogen-bond donors (Lipinski definition) is 3. The van der Waals surface area contributed by atoms with Crippen molar-refractivity contribution in [1.82, 2.24) is 14.7 Å². The summed E-state index contributed by atoms with van der Waals surface area (Å²) in [6.45, 7) is 0.146. The molecule has 20 heavy (non-hydrogen) atoms. The van der Waals surface area contributed by atoms with Crippen LogP contribution in [0.2, 0.25) is 0 Å². The zero-order chi connectivity index (χ0) is 14.6. The van der Waals surface area contributed by atoms with Crippen molar-refractivity contribution >= 4 is 10.0 Å². The first-order valence-corrected chi connectivity index (χ1v) is 7.47. The second-order valence-electron chi connectivity index (χ2n) is 4.14. The molecule has 0 atom stereocenters. The smallest absolute Gasteiger partial charge is 0.240 e. The van der Waals surface area contributed by atoms with Crippen molar-refractivity contribution in [1.29, 1.82) is 0 Å². The summed E-state index contributed by atoms with van der Waals surface area (Å²) < 4.78 is 39.8. The Labute approximate surface area is 116 Å². The predicted molar refractivity (Wildman–Crippen MR) is 71.8 cm³/mol. The fraction of sp³-hybridized carbons (Fsp3) is 0.250. The maximum absolute atomic E-state index is 13.3. The Bertz CT molecular complexity index is 671. The highest BCUT2D eigenvalue weighted by Crippen LogP contribution is 2.14.